The molecule has 3 heteroatoms. The van der Waals surface area contributed by atoms with E-state index in [4.69, 9.17) is 9.47 Å². The number of carbonyl (C=O) groups is 1. The maximum Gasteiger partial charge on any atom is 0.508 e. The first kappa shape index (κ1) is 12.1. The van der Waals surface area contributed by atoms with Crippen LogP contribution >= 0.6 is 0 Å². The summed E-state index contributed by atoms with van der Waals surface area (Å²) in [5.41, 5.74) is 1.13. The predicted octanol–water partition coefficient (Wildman–Crippen LogP) is 3.15. The van der Waals surface area contributed by atoms with Gasteiger partial charge in [0.25, 0.3) is 0 Å². The Hall–Kier alpha value is -0.990. The van der Waals surface area contributed by atoms with Crippen LogP contribution in [0.25, 0.3) is 0 Å². The van der Waals surface area contributed by atoms with Gasteiger partial charge in [-0.05, 0) is 37.7 Å². The summed E-state index contributed by atoms with van der Waals surface area (Å²) in [6.07, 6.45) is 2.41. The van der Waals surface area contributed by atoms with E-state index in [-0.39, 0.29) is 6.10 Å². The second-order valence-electron chi connectivity index (χ2n) is 4.27. The third kappa shape index (κ3) is 3.26. The van der Waals surface area contributed by atoms with Gasteiger partial charge in [-0.1, -0.05) is 19.9 Å². The van der Waals surface area contributed by atoms with Crippen LogP contribution in [0.4, 0.5) is 4.79 Å². The average Bonchev–Trinajstić information content (AvgIpc) is 2.14. The molecule has 0 amide bonds. The normalized spacial score (nSPS) is 30.7. The Labute approximate surface area is 91.4 Å². The van der Waals surface area contributed by atoms with Gasteiger partial charge in [-0.3, -0.25) is 0 Å². The summed E-state index contributed by atoms with van der Waals surface area (Å²) in [6.45, 7) is 8.51. The summed E-state index contributed by atoms with van der Waals surface area (Å²) >= 11 is 0. The number of allylic oxidation sites excluding steroid dienone is 1. The molecule has 1 aliphatic carbocycles. The molecule has 0 aromatic heterocycles. The van der Waals surface area contributed by atoms with Gasteiger partial charge < -0.3 is 9.47 Å². The molecule has 0 bridgehead atoms. The van der Waals surface area contributed by atoms with Gasteiger partial charge in [0.2, 0.25) is 0 Å². The van der Waals surface area contributed by atoms with Gasteiger partial charge in [0.1, 0.15) is 6.10 Å². The molecular weight excluding hydrogens is 192 g/mol. The van der Waals surface area contributed by atoms with E-state index in [1.165, 1.54) is 0 Å². The summed E-state index contributed by atoms with van der Waals surface area (Å²) in [5.74, 6) is 1.11. The van der Waals surface area contributed by atoms with Crippen LogP contribution in [0, 0.1) is 11.8 Å². The molecule has 0 aromatic carbocycles. The summed E-state index contributed by atoms with van der Waals surface area (Å²) in [4.78, 5) is 11.2. The van der Waals surface area contributed by atoms with Crippen molar-refractivity contribution in [1.82, 2.24) is 0 Å². The van der Waals surface area contributed by atoms with Crippen LogP contribution in [0.15, 0.2) is 11.6 Å². The lowest BCUT2D eigenvalue weighted by atomic mass is 9.82. The van der Waals surface area contributed by atoms with Crippen LogP contribution in [0.1, 0.15) is 34.1 Å². The summed E-state index contributed by atoms with van der Waals surface area (Å²) < 4.78 is 10.00. The number of rotatable bonds is 2. The molecule has 3 unspecified atom stereocenters. The van der Waals surface area contributed by atoms with Crippen molar-refractivity contribution in [3.63, 3.8) is 0 Å². The van der Waals surface area contributed by atoms with Gasteiger partial charge in [0, 0.05) is 0 Å². The van der Waals surface area contributed by atoms with E-state index < -0.39 is 6.16 Å². The zero-order chi connectivity index (χ0) is 11.4. The molecule has 15 heavy (non-hydrogen) atoms. The molecule has 1 rings (SSSR count). The quantitative estimate of drug-likeness (QED) is 0.521. The van der Waals surface area contributed by atoms with Crippen molar-refractivity contribution < 1.29 is 14.3 Å². The molecule has 3 atom stereocenters. The highest BCUT2D eigenvalue weighted by atomic mass is 16.7. The molecule has 0 radical (unpaired) electrons. The van der Waals surface area contributed by atoms with Crippen molar-refractivity contribution in [2.45, 2.75) is 40.2 Å². The number of carbonyl (C=O) groups excluding carboxylic acids is 1. The summed E-state index contributed by atoms with van der Waals surface area (Å²) in [7, 11) is 0. The molecule has 1 aliphatic rings. The highest BCUT2D eigenvalue weighted by molar-refractivity contribution is 5.60. The molecule has 86 valence electrons. The van der Waals surface area contributed by atoms with Gasteiger partial charge in [0.15, 0.2) is 0 Å². The minimum Gasteiger partial charge on any atom is -0.435 e. The second kappa shape index (κ2) is 5.19. The number of hydrogen-bond acceptors (Lipinski definition) is 3. The molecule has 0 saturated carbocycles. The lowest BCUT2D eigenvalue weighted by Gasteiger charge is -2.29. The first-order valence-electron chi connectivity index (χ1n) is 5.56. The highest BCUT2D eigenvalue weighted by Gasteiger charge is 2.26. The van der Waals surface area contributed by atoms with Crippen LogP contribution in [0.2, 0.25) is 0 Å². The molecular formula is C12H20O3. The van der Waals surface area contributed by atoms with Gasteiger partial charge in [-0.15, -0.1) is 0 Å². The molecule has 3 nitrogen and oxygen atoms in total. The van der Waals surface area contributed by atoms with E-state index >= 15 is 0 Å². The van der Waals surface area contributed by atoms with Gasteiger partial charge in [-0.2, -0.15) is 0 Å². The fourth-order valence-electron chi connectivity index (χ4n) is 1.83. The molecule has 0 heterocycles. The van der Waals surface area contributed by atoms with E-state index in [1.54, 1.807) is 6.92 Å². The summed E-state index contributed by atoms with van der Waals surface area (Å²) in [6, 6.07) is 0. The van der Waals surface area contributed by atoms with E-state index in [0.717, 1.165) is 12.0 Å². The molecule has 0 spiro atoms. The van der Waals surface area contributed by atoms with Crippen molar-refractivity contribution in [2.24, 2.45) is 11.8 Å². The van der Waals surface area contributed by atoms with Crippen molar-refractivity contribution in [3.8, 4) is 0 Å². The summed E-state index contributed by atoms with van der Waals surface area (Å²) in [5, 5.41) is 0. The molecule has 0 aromatic rings. The van der Waals surface area contributed by atoms with Gasteiger partial charge in [0.05, 0.1) is 6.61 Å². The Kier molecular flexibility index (Phi) is 4.18. The Morgan fingerprint density at radius 1 is 1.53 bits per heavy atom. The van der Waals surface area contributed by atoms with Gasteiger partial charge in [-0.25, -0.2) is 4.79 Å². The topological polar surface area (TPSA) is 35.5 Å². The van der Waals surface area contributed by atoms with Crippen LogP contribution < -0.4 is 0 Å². The zero-order valence-corrected chi connectivity index (χ0v) is 9.95. The lowest BCUT2D eigenvalue weighted by Crippen LogP contribution is -2.28. The molecule has 0 fully saturated rings. The minimum atomic E-state index is -0.558. The largest absolute Gasteiger partial charge is 0.508 e. The minimum absolute atomic E-state index is 0.102. The first-order valence-corrected chi connectivity index (χ1v) is 5.56. The fourth-order valence-corrected chi connectivity index (χ4v) is 1.83. The predicted molar refractivity (Wildman–Crippen MR) is 58.6 cm³/mol. The average molecular weight is 212 g/mol. The van der Waals surface area contributed by atoms with Crippen LogP contribution in [0.3, 0.4) is 0 Å². The van der Waals surface area contributed by atoms with Crippen LogP contribution in [-0.2, 0) is 9.47 Å². The standard InChI is InChI=1S/C12H20O3/c1-5-14-12(13)15-11-7-9(3)8(2)6-10(11)4/h6,8-9,11H,5,7H2,1-4H3. The molecule has 0 N–H and O–H groups in total. The smallest absolute Gasteiger partial charge is 0.435 e. The van der Waals surface area contributed by atoms with Crippen molar-refractivity contribution in [3.05, 3.63) is 11.6 Å². The van der Waals surface area contributed by atoms with Crippen molar-refractivity contribution >= 4 is 6.16 Å². The Morgan fingerprint density at radius 3 is 2.80 bits per heavy atom. The third-order valence-electron chi connectivity index (χ3n) is 3.02. The second-order valence-corrected chi connectivity index (χ2v) is 4.27. The van der Waals surface area contributed by atoms with E-state index in [0.29, 0.717) is 18.4 Å². The maximum atomic E-state index is 11.2. The third-order valence-corrected chi connectivity index (χ3v) is 3.02. The maximum absolute atomic E-state index is 11.2. The van der Waals surface area contributed by atoms with Crippen molar-refractivity contribution in [1.29, 1.82) is 0 Å². The van der Waals surface area contributed by atoms with E-state index in [9.17, 15) is 4.79 Å². The van der Waals surface area contributed by atoms with Crippen molar-refractivity contribution in [2.75, 3.05) is 6.61 Å². The SMILES string of the molecule is CCOC(=O)OC1CC(C)C(C)C=C1C. The van der Waals surface area contributed by atoms with Gasteiger partial charge >= 0.3 is 6.16 Å². The number of ether oxygens (including phenoxy) is 2. The first-order chi connectivity index (χ1) is 7.04. The molecule has 0 aliphatic heterocycles. The number of hydrogen-bond donors (Lipinski definition) is 0. The zero-order valence-electron chi connectivity index (χ0n) is 9.95. The Morgan fingerprint density at radius 2 is 2.20 bits per heavy atom. The monoisotopic (exact) mass is 212 g/mol. The van der Waals surface area contributed by atoms with Crippen LogP contribution in [-0.4, -0.2) is 18.9 Å². The fraction of sp³-hybridized carbons (Fsp3) is 0.750. The highest BCUT2D eigenvalue weighted by Crippen LogP contribution is 2.30. The lowest BCUT2D eigenvalue weighted by molar-refractivity contribution is 0.0261. The molecule has 0 saturated heterocycles. The van der Waals surface area contributed by atoms with E-state index in [1.807, 2.05) is 6.92 Å². The van der Waals surface area contributed by atoms with Crippen LogP contribution in [0.5, 0.6) is 0 Å². The van der Waals surface area contributed by atoms with E-state index in [2.05, 4.69) is 19.9 Å². The Balaban J connectivity index is 2.56. The Bertz CT molecular complexity index is 258.